The first-order valence-corrected chi connectivity index (χ1v) is 10.7. The quantitative estimate of drug-likeness (QED) is 0.590. The first-order chi connectivity index (χ1) is 14.0. The topological polar surface area (TPSA) is 54.9 Å². The second kappa shape index (κ2) is 11.1. The van der Waals surface area contributed by atoms with Crippen molar-refractivity contribution in [3.63, 3.8) is 0 Å². The summed E-state index contributed by atoms with van der Waals surface area (Å²) in [6.07, 6.45) is 6.31. The van der Waals surface area contributed by atoms with Gasteiger partial charge in [0.25, 0.3) is 0 Å². The summed E-state index contributed by atoms with van der Waals surface area (Å²) in [4.78, 5) is 4.83. The lowest BCUT2D eigenvalue weighted by molar-refractivity contribution is -0.00390. The fourth-order valence-electron chi connectivity index (χ4n) is 3.89. The number of hydrogen-bond donors (Lipinski definition) is 2. The molecule has 0 aliphatic carbocycles. The smallest absolute Gasteiger partial charge is 0.128 e. The molecule has 0 bridgehead atoms. The molecule has 29 heavy (non-hydrogen) atoms. The molecule has 2 heterocycles. The molecule has 2 N–H and O–H groups in total. The number of hydrogen-bond acceptors (Lipinski definition) is 5. The maximum Gasteiger partial charge on any atom is 0.128 e. The average molecular weight is 424 g/mol. The lowest BCUT2D eigenvalue weighted by Crippen LogP contribution is -2.43. The van der Waals surface area contributed by atoms with Crippen molar-refractivity contribution in [1.82, 2.24) is 10.6 Å². The van der Waals surface area contributed by atoms with E-state index >= 15 is 0 Å². The van der Waals surface area contributed by atoms with Crippen molar-refractivity contribution in [2.24, 2.45) is 10.9 Å². The molecule has 0 radical (unpaired) electrons. The van der Waals surface area contributed by atoms with E-state index in [1.807, 2.05) is 7.05 Å². The molecule has 2 aliphatic rings. The van der Waals surface area contributed by atoms with E-state index < -0.39 is 5.82 Å². The Balaban J connectivity index is 1.44. The molecule has 1 fully saturated rings. The molecule has 0 aromatic heterocycles. The van der Waals surface area contributed by atoms with Crippen LogP contribution in [0.4, 0.5) is 4.39 Å². The Morgan fingerprint density at radius 2 is 2.17 bits per heavy atom. The molecule has 3 unspecified atom stereocenters. The van der Waals surface area contributed by atoms with Gasteiger partial charge in [0.1, 0.15) is 17.7 Å². The fourth-order valence-corrected chi connectivity index (χ4v) is 4.10. The molecule has 0 amide bonds. The maximum absolute atomic E-state index is 13.3. The number of nitrogens with one attached hydrogen (secondary N) is 2. The Hall–Kier alpha value is -1.47. The monoisotopic (exact) mass is 423 g/mol. The summed E-state index contributed by atoms with van der Waals surface area (Å²) in [5.41, 5.74) is 2.54. The van der Waals surface area contributed by atoms with Crippen LogP contribution in [-0.2, 0) is 4.74 Å². The molecule has 2 aliphatic heterocycles. The third kappa shape index (κ3) is 7.07. The zero-order valence-electron chi connectivity index (χ0n) is 17.2. The molecule has 1 aromatic rings. The van der Waals surface area contributed by atoms with Gasteiger partial charge >= 0.3 is 0 Å². The minimum atomic E-state index is -0.393. The summed E-state index contributed by atoms with van der Waals surface area (Å²) in [6, 6.07) is 4.22. The van der Waals surface area contributed by atoms with E-state index in [9.17, 15) is 4.39 Å². The lowest BCUT2D eigenvalue weighted by Gasteiger charge is -2.33. The number of aliphatic imine (C=N–C) groups is 1. The minimum absolute atomic E-state index is 0.165. The summed E-state index contributed by atoms with van der Waals surface area (Å²) in [7, 11) is 1.96. The highest BCUT2D eigenvalue weighted by Gasteiger charge is 2.27. The van der Waals surface area contributed by atoms with Crippen molar-refractivity contribution in [2.45, 2.75) is 44.9 Å². The van der Waals surface area contributed by atoms with Gasteiger partial charge in [-0.3, -0.25) is 10.3 Å². The van der Waals surface area contributed by atoms with Crippen LogP contribution in [0.3, 0.4) is 0 Å². The van der Waals surface area contributed by atoms with Crippen molar-refractivity contribution in [3.8, 4) is 5.75 Å². The van der Waals surface area contributed by atoms with Crippen molar-refractivity contribution in [2.75, 3.05) is 33.4 Å². The number of dihydropyridines is 1. The highest BCUT2D eigenvalue weighted by molar-refractivity contribution is 6.30. The van der Waals surface area contributed by atoms with Gasteiger partial charge in [-0.05, 0) is 57.5 Å². The van der Waals surface area contributed by atoms with Gasteiger partial charge in [-0.2, -0.15) is 0 Å². The molecule has 5 nitrogen and oxygen atoms in total. The molecule has 160 valence electrons. The second-order valence-electron chi connectivity index (χ2n) is 7.79. The zero-order chi connectivity index (χ0) is 20.6. The van der Waals surface area contributed by atoms with Crippen molar-refractivity contribution >= 4 is 17.3 Å². The first-order valence-electron chi connectivity index (χ1n) is 10.4. The maximum atomic E-state index is 13.3. The Morgan fingerprint density at radius 3 is 2.97 bits per heavy atom. The third-order valence-electron chi connectivity index (χ3n) is 5.34. The zero-order valence-corrected chi connectivity index (χ0v) is 18.0. The number of piperidine rings is 1. The van der Waals surface area contributed by atoms with Gasteiger partial charge in [0.2, 0.25) is 0 Å². The van der Waals surface area contributed by atoms with E-state index in [4.69, 9.17) is 26.1 Å². The Kier molecular flexibility index (Phi) is 8.48. The lowest BCUT2D eigenvalue weighted by atomic mass is 9.88. The average Bonchev–Trinajstić information content (AvgIpc) is 2.67. The summed E-state index contributed by atoms with van der Waals surface area (Å²) in [5, 5.41) is 7.03. The van der Waals surface area contributed by atoms with Crippen LogP contribution in [0, 0.1) is 11.7 Å². The predicted octanol–water partition coefficient (Wildman–Crippen LogP) is 3.97. The summed E-state index contributed by atoms with van der Waals surface area (Å²) in [5.74, 6) is 0.511. The third-order valence-corrected chi connectivity index (χ3v) is 5.56. The Labute approximate surface area is 177 Å². The first kappa shape index (κ1) is 22.2. The van der Waals surface area contributed by atoms with Crippen molar-refractivity contribution < 1.29 is 13.9 Å². The number of rotatable bonds is 9. The van der Waals surface area contributed by atoms with Crippen LogP contribution in [0.25, 0.3) is 0 Å². The SMILES string of the molecule is CNC1CC(C)=CC(CC2CCNCC2OCCCOc2cc(F)cc(Cl)c2)=N1. The molecular formula is C22H31ClFN3O2. The van der Waals surface area contributed by atoms with Gasteiger partial charge in [-0.1, -0.05) is 17.2 Å². The predicted molar refractivity (Wildman–Crippen MR) is 116 cm³/mol. The highest BCUT2D eigenvalue weighted by Crippen LogP contribution is 2.24. The van der Waals surface area contributed by atoms with Crippen LogP contribution in [0.1, 0.15) is 32.6 Å². The normalized spacial score (nSPS) is 24.8. The van der Waals surface area contributed by atoms with Gasteiger partial charge in [0.05, 0.1) is 19.3 Å². The minimum Gasteiger partial charge on any atom is -0.493 e. The van der Waals surface area contributed by atoms with Crippen LogP contribution >= 0.6 is 11.6 Å². The molecule has 1 aromatic carbocycles. The van der Waals surface area contributed by atoms with Crippen LogP contribution in [0.15, 0.2) is 34.8 Å². The van der Waals surface area contributed by atoms with Crippen LogP contribution in [0.2, 0.25) is 5.02 Å². The number of allylic oxidation sites excluding steroid dienone is 1. The van der Waals surface area contributed by atoms with Gasteiger partial charge in [0, 0.05) is 36.2 Å². The summed E-state index contributed by atoms with van der Waals surface area (Å²) >= 11 is 5.85. The molecule has 1 saturated heterocycles. The fraction of sp³-hybridized carbons (Fsp3) is 0.591. The molecular weight excluding hydrogens is 393 g/mol. The summed E-state index contributed by atoms with van der Waals surface area (Å²) in [6.45, 7) is 5.10. The van der Waals surface area contributed by atoms with Gasteiger partial charge < -0.3 is 14.8 Å². The number of benzene rings is 1. The van der Waals surface area contributed by atoms with Crippen molar-refractivity contribution in [3.05, 3.63) is 40.7 Å². The van der Waals surface area contributed by atoms with E-state index in [0.29, 0.717) is 29.9 Å². The summed E-state index contributed by atoms with van der Waals surface area (Å²) < 4.78 is 25.1. The largest absolute Gasteiger partial charge is 0.493 e. The Morgan fingerprint density at radius 1 is 1.31 bits per heavy atom. The van der Waals surface area contributed by atoms with E-state index in [1.54, 1.807) is 6.07 Å². The van der Waals surface area contributed by atoms with Gasteiger partial charge in [-0.15, -0.1) is 0 Å². The van der Waals surface area contributed by atoms with Crippen LogP contribution in [0.5, 0.6) is 5.75 Å². The van der Waals surface area contributed by atoms with Crippen LogP contribution < -0.4 is 15.4 Å². The Bertz CT molecular complexity index is 721. The molecule has 3 atom stereocenters. The molecule has 3 rings (SSSR count). The number of nitrogens with zero attached hydrogens (tertiary/aromatic N) is 1. The number of halogens is 2. The molecule has 0 spiro atoms. The van der Waals surface area contributed by atoms with E-state index in [-0.39, 0.29) is 12.3 Å². The van der Waals surface area contributed by atoms with Crippen LogP contribution in [-0.4, -0.2) is 51.3 Å². The second-order valence-corrected chi connectivity index (χ2v) is 8.23. The van der Waals surface area contributed by atoms with E-state index in [0.717, 1.165) is 38.8 Å². The number of ether oxygens (including phenoxy) is 2. The van der Waals surface area contributed by atoms with Gasteiger partial charge in [-0.25, -0.2) is 4.39 Å². The standard InChI is InChI=1S/C22H31ClFN3O2/c1-15-8-19(27-22(9-15)25-2)10-16-4-5-26-14-21(16)29-7-3-6-28-20-12-17(23)11-18(24)13-20/h8,11-13,16,21-22,25-26H,3-7,9-10,14H2,1-2H3. The molecule has 7 heteroatoms. The highest BCUT2D eigenvalue weighted by atomic mass is 35.5. The van der Waals surface area contributed by atoms with E-state index in [2.05, 4.69) is 23.6 Å². The van der Waals surface area contributed by atoms with E-state index in [1.165, 1.54) is 23.4 Å². The van der Waals surface area contributed by atoms with Gasteiger partial charge in [0.15, 0.2) is 0 Å². The van der Waals surface area contributed by atoms with Crippen molar-refractivity contribution in [1.29, 1.82) is 0 Å². The molecule has 0 saturated carbocycles.